The van der Waals surface area contributed by atoms with Crippen molar-refractivity contribution in [2.45, 2.75) is 72.0 Å². The number of hydrogen-bond acceptors (Lipinski definition) is 3. The van der Waals surface area contributed by atoms with E-state index < -0.39 is 0 Å². The highest BCUT2D eigenvalue weighted by Crippen LogP contribution is 2.60. The molecule has 3 nitrogen and oxygen atoms in total. The van der Waals surface area contributed by atoms with E-state index in [0.29, 0.717) is 11.8 Å². The second-order valence-electron chi connectivity index (χ2n) is 11.2. The summed E-state index contributed by atoms with van der Waals surface area (Å²) in [6.45, 7) is 8.21. The van der Waals surface area contributed by atoms with E-state index in [1.54, 1.807) is 22.4 Å². The molecule has 1 fully saturated rings. The Balaban J connectivity index is 1.41. The molecule has 0 bridgehead atoms. The molecule has 34 heavy (non-hydrogen) atoms. The van der Waals surface area contributed by atoms with Crippen LogP contribution in [0.25, 0.3) is 17.0 Å². The van der Waals surface area contributed by atoms with Crippen LogP contribution in [-0.4, -0.2) is 9.80 Å². The standard InChI is InChI=1S/C31H32N2O/c1-17(2)20-9-6-10-21-18(3)22-11-7-12-25-29(22)33(28(20)21)31-27-19(16-32(25)31)14-15-24-23-8-4-5-13-26(23)34-30(24)27/h4,8,10-11,14-15,17-18,31H,5-7,9,12-13,16H2,1-3H3. The highest BCUT2D eigenvalue weighted by Gasteiger charge is 2.52. The Morgan fingerprint density at radius 3 is 2.65 bits per heavy atom. The van der Waals surface area contributed by atoms with Crippen LogP contribution in [0.1, 0.15) is 81.5 Å². The molecule has 1 aromatic heterocycles. The van der Waals surface area contributed by atoms with Crippen LogP contribution in [0.15, 0.2) is 68.6 Å². The summed E-state index contributed by atoms with van der Waals surface area (Å²) < 4.78 is 6.70. The molecule has 0 radical (unpaired) electrons. The number of piperidine rings is 1. The van der Waals surface area contributed by atoms with Gasteiger partial charge < -0.3 is 14.2 Å². The van der Waals surface area contributed by atoms with Crippen molar-refractivity contribution < 1.29 is 4.42 Å². The first-order valence-corrected chi connectivity index (χ1v) is 13.3. The second-order valence-corrected chi connectivity index (χ2v) is 11.2. The average molecular weight is 449 g/mol. The van der Waals surface area contributed by atoms with E-state index in [0.717, 1.165) is 37.8 Å². The van der Waals surface area contributed by atoms with Crippen LogP contribution in [-0.2, 0) is 13.0 Å². The van der Waals surface area contributed by atoms with Gasteiger partial charge in [0, 0.05) is 46.8 Å². The SMILES string of the molecule is CC(C)C1=C2C(=CCC1)C(C)C1=CCCC3=C1N2C1c2c(ccc4c5c(oc24)CCC=C5)CN31. The molecule has 0 spiro atoms. The summed E-state index contributed by atoms with van der Waals surface area (Å²) in [6.07, 6.45) is 16.7. The summed E-state index contributed by atoms with van der Waals surface area (Å²) in [7, 11) is 0. The van der Waals surface area contributed by atoms with Crippen LogP contribution in [0, 0.1) is 11.8 Å². The van der Waals surface area contributed by atoms with Gasteiger partial charge in [0.15, 0.2) is 0 Å². The molecular formula is C31H32N2O. The fraction of sp³-hybridized carbons (Fsp3) is 0.419. The Bertz CT molecular complexity index is 1440. The van der Waals surface area contributed by atoms with Gasteiger partial charge in [-0.1, -0.05) is 57.2 Å². The molecule has 4 heterocycles. The molecule has 3 heteroatoms. The van der Waals surface area contributed by atoms with Crippen molar-refractivity contribution in [1.82, 2.24) is 9.80 Å². The van der Waals surface area contributed by atoms with Gasteiger partial charge in [0.1, 0.15) is 17.5 Å². The van der Waals surface area contributed by atoms with Gasteiger partial charge in [0.25, 0.3) is 0 Å². The van der Waals surface area contributed by atoms with E-state index >= 15 is 0 Å². The van der Waals surface area contributed by atoms with Crippen molar-refractivity contribution in [2.75, 3.05) is 0 Å². The first-order chi connectivity index (χ1) is 16.6. The molecule has 3 aliphatic heterocycles. The molecule has 3 aliphatic carbocycles. The van der Waals surface area contributed by atoms with Crippen LogP contribution in [0.3, 0.4) is 0 Å². The third-order valence-corrected chi connectivity index (χ3v) is 9.17. The lowest BCUT2D eigenvalue weighted by Crippen LogP contribution is -2.37. The molecule has 0 N–H and O–H groups in total. The Morgan fingerprint density at radius 1 is 0.971 bits per heavy atom. The maximum atomic E-state index is 6.70. The molecule has 6 aliphatic rings. The topological polar surface area (TPSA) is 19.6 Å². The van der Waals surface area contributed by atoms with Crippen molar-refractivity contribution in [3.8, 4) is 0 Å². The fourth-order valence-electron chi connectivity index (χ4n) is 7.66. The minimum absolute atomic E-state index is 0.222. The predicted octanol–water partition coefficient (Wildman–Crippen LogP) is 7.73. The number of rotatable bonds is 1. The summed E-state index contributed by atoms with van der Waals surface area (Å²) >= 11 is 0. The van der Waals surface area contributed by atoms with Gasteiger partial charge in [-0.2, -0.15) is 0 Å². The van der Waals surface area contributed by atoms with E-state index in [1.807, 2.05) is 0 Å². The van der Waals surface area contributed by atoms with Crippen LogP contribution in [0.4, 0.5) is 0 Å². The smallest absolute Gasteiger partial charge is 0.142 e. The van der Waals surface area contributed by atoms with E-state index in [1.165, 1.54) is 52.1 Å². The van der Waals surface area contributed by atoms with Crippen LogP contribution < -0.4 is 0 Å². The molecule has 2 aromatic rings. The lowest BCUT2D eigenvalue weighted by Gasteiger charge is -2.44. The van der Waals surface area contributed by atoms with Crippen LogP contribution in [0.2, 0.25) is 0 Å². The minimum Gasteiger partial charge on any atom is -0.460 e. The molecule has 172 valence electrons. The molecular weight excluding hydrogens is 416 g/mol. The first kappa shape index (κ1) is 19.4. The van der Waals surface area contributed by atoms with Gasteiger partial charge in [0.2, 0.25) is 0 Å². The van der Waals surface area contributed by atoms with Crippen molar-refractivity contribution >= 4 is 17.0 Å². The van der Waals surface area contributed by atoms with E-state index in [-0.39, 0.29) is 6.17 Å². The predicted molar refractivity (Wildman–Crippen MR) is 136 cm³/mol. The van der Waals surface area contributed by atoms with E-state index in [4.69, 9.17) is 4.42 Å². The third-order valence-electron chi connectivity index (χ3n) is 9.17. The molecule has 2 unspecified atom stereocenters. The zero-order chi connectivity index (χ0) is 22.7. The van der Waals surface area contributed by atoms with Gasteiger partial charge in [0.05, 0.1) is 5.70 Å². The lowest BCUT2D eigenvalue weighted by molar-refractivity contribution is 0.180. The first-order valence-electron chi connectivity index (χ1n) is 13.3. The molecule has 8 rings (SSSR count). The Kier molecular flexibility index (Phi) is 3.76. The molecule has 0 saturated carbocycles. The normalized spacial score (nSPS) is 26.6. The van der Waals surface area contributed by atoms with Crippen LogP contribution >= 0.6 is 0 Å². The van der Waals surface area contributed by atoms with Gasteiger partial charge in [-0.3, -0.25) is 0 Å². The molecule has 1 saturated heterocycles. The van der Waals surface area contributed by atoms with Crippen LogP contribution in [0.5, 0.6) is 0 Å². The molecule has 2 atom stereocenters. The summed E-state index contributed by atoms with van der Waals surface area (Å²) in [5.41, 5.74) is 14.7. The number of allylic oxidation sites excluding steroid dienone is 7. The van der Waals surface area contributed by atoms with Crippen molar-refractivity contribution in [1.29, 1.82) is 0 Å². The number of fused-ring (bicyclic) bond motifs is 11. The summed E-state index contributed by atoms with van der Waals surface area (Å²) in [5, 5.41) is 1.30. The number of aryl methyl sites for hydroxylation is 1. The van der Waals surface area contributed by atoms with Crippen molar-refractivity contribution in [3.05, 3.63) is 86.6 Å². The summed E-state index contributed by atoms with van der Waals surface area (Å²) in [6, 6.07) is 4.70. The van der Waals surface area contributed by atoms with Crippen molar-refractivity contribution in [3.63, 3.8) is 0 Å². The van der Waals surface area contributed by atoms with Gasteiger partial charge in [-0.25, -0.2) is 0 Å². The third kappa shape index (κ3) is 2.24. The average Bonchev–Trinajstić information content (AvgIpc) is 3.51. The van der Waals surface area contributed by atoms with Gasteiger partial charge >= 0.3 is 0 Å². The van der Waals surface area contributed by atoms with Crippen molar-refractivity contribution in [2.24, 2.45) is 11.8 Å². The van der Waals surface area contributed by atoms with E-state index in [9.17, 15) is 0 Å². The quantitative estimate of drug-likeness (QED) is 0.445. The second kappa shape index (κ2) is 6.59. The Morgan fingerprint density at radius 2 is 1.79 bits per heavy atom. The number of nitrogens with zero attached hydrogens (tertiary/aromatic N) is 2. The number of hydrogen-bond donors (Lipinski definition) is 0. The highest BCUT2D eigenvalue weighted by atomic mass is 16.3. The zero-order valence-electron chi connectivity index (χ0n) is 20.4. The van der Waals surface area contributed by atoms with Gasteiger partial charge in [-0.05, 0) is 60.3 Å². The monoisotopic (exact) mass is 448 g/mol. The number of benzene rings is 1. The molecule has 0 amide bonds. The fourth-order valence-corrected chi connectivity index (χ4v) is 7.66. The zero-order valence-corrected chi connectivity index (χ0v) is 20.4. The largest absolute Gasteiger partial charge is 0.460 e. The maximum Gasteiger partial charge on any atom is 0.142 e. The highest BCUT2D eigenvalue weighted by molar-refractivity contribution is 5.92. The van der Waals surface area contributed by atoms with Gasteiger partial charge in [-0.15, -0.1) is 0 Å². The lowest BCUT2D eigenvalue weighted by atomic mass is 9.75. The minimum atomic E-state index is 0.222. The Labute approximate surface area is 201 Å². The van der Waals surface area contributed by atoms with E-state index in [2.05, 4.69) is 67.0 Å². The summed E-state index contributed by atoms with van der Waals surface area (Å²) in [4.78, 5) is 5.49. The summed E-state index contributed by atoms with van der Waals surface area (Å²) in [5.74, 6) is 2.23. The Hall–Kier alpha value is -2.94. The number of furan rings is 1. The maximum absolute atomic E-state index is 6.70. The molecule has 1 aromatic carbocycles.